The van der Waals surface area contributed by atoms with Gasteiger partial charge in [-0.3, -0.25) is 14.4 Å². The van der Waals surface area contributed by atoms with Gasteiger partial charge in [-0.15, -0.1) is 0 Å². The number of thioether (sulfide) groups is 1. The Labute approximate surface area is 284 Å². The number of hydrogen-bond donors (Lipinski definition) is 3. The number of nitrogens with one attached hydrogen (secondary N) is 3. The van der Waals surface area contributed by atoms with Gasteiger partial charge in [-0.1, -0.05) is 24.3 Å². The molecule has 0 spiro atoms. The molecule has 0 saturated carbocycles. The van der Waals surface area contributed by atoms with Crippen LogP contribution in [0.4, 0.5) is 5.69 Å². The number of benzene rings is 2. The van der Waals surface area contributed by atoms with Crippen LogP contribution >= 0.6 is 11.8 Å². The van der Waals surface area contributed by atoms with Crippen LogP contribution in [0.2, 0.25) is 0 Å². The standard InChI is InChI=1S/C37H42N4O6S/c1-21(42)38-28-12-10-22-18-33(45-2)35(46-3)36(47-4)34(22)25-11-13-29(32(43)19-26(25)28)40-30(15-17-48-5)37(44)41-16-14-24-23-8-6-7-9-27(23)39-31(24)20-41/h6-9,11,13,18-19,28,30,39H,10,12,14-17,20H2,1-5H3,(H,38,42)(H,40,43)/t28-,30-/m0/s1. The van der Waals surface area contributed by atoms with Crippen molar-refractivity contribution in [3.8, 4) is 28.4 Å². The molecule has 48 heavy (non-hydrogen) atoms. The van der Waals surface area contributed by atoms with Crippen LogP contribution in [0, 0.1) is 0 Å². The monoisotopic (exact) mass is 670 g/mol. The van der Waals surface area contributed by atoms with Crippen LogP contribution < -0.4 is 30.3 Å². The summed E-state index contributed by atoms with van der Waals surface area (Å²) in [7, 11) is 4.71. The number of carbonyl (C=O) groups excluding carboxylic acids is 2. The second-order valence-corrected chi connectivity index (χ2v) is 13.2. The van der Waals surface area contributed by atoms with Gasteiger partial charge in [0, 0.05) is 35.6 Å². The van der Waals surface area contributed by atoms with Gasteiger partial charge in [0.25, 0.3) is 0 Å². The number of ether oxygens (including phenoxy) is 3. The molecule has 11 heteroatoms. The van der Waals surface area contributed by atoms with Crippen molar-refractivity contribution in [3.63, 3.8) is 0 Å². The zero-order chi connectivity index (χ0) is 33.9. The highest BCUT2D eigenvalue weighted by Crippen LogP contribution is 2.50. The zero-order valence-electron chi connectivity index (χ0n) is 28.0. The van der Waals surface area contributed by atoms with E-state index in [1.807, 2.05) is 35.4 Å². The van der Waals surface area contributed by atoms with Gasteiger partial charge in [0.1, 0.15) is 6.04 Å². The first-order valence-corrected chi connectivity index (χ1v) is 17.6. The number of rotatable bonds is 10. The molecule has 6 rings (SSSR count). The van der Waals surface area contributed by atoms with Gasteiger partial charge in [-0.05, 0) is 84.2 Å². The van der Waals surface area contributed by atoms with E-state index in [0.29, 0.717) is 60.9 Å². The molecule has 0 unspecified atom stereocenters. The lowest BCUT2D eigenvalue weighted by atomic mass is 9.95. The number of nitrogens with zero attached hydrogens (tertiary/aromatic N) is 1. The van der Waals surface area contributed by atoms with Crippen LogP contribution in [0.25, 0.3) is 22.0 Å². The van der Waals surface area contributed by atoms with Crippen molar-refractivity contribution in [3.05, 3.63) is 81.1 Å². The van der Waals surface area contributed by atoms with E-state index < -0.39 is 12.1 Å². The summed E-state index contributed by atoms with van der Waals surface area (Å²) in [5, 5.41) is 7.60. The van der Waals surface area contributed by atoms with Crippen LogP contribution in [0.5, 0.6) is 17.2 Å². The summed E-state index contributed by atoms with van der Waals surface area (Å²) < 4.78 is 17.3. The smallest absolute Gasteiger partial charge is 0.245 e. The first kappa shape index (κ1) is 33.3. The average Bonchev–Trinajstić information content (AvgIpc) is 3.31. The summed E-state index contributed by atoms with van der Waals surface area (Å²) in [5.74, 6) is 1.97. The van der Waals surface area contributed by atoms with Crippen LogP contribution in [0.1, 0.15) is 48.2 Å². The molecule has 2 atom stereocenters. The van der Waals surface area contributed by atoms with Crippen molar-refractivity contribution in [1.29, 1.82) is 0 Å². The maximum atomic E-state index is 14.1. The second kappa shape index (κ2) is 14.2. The van der Waals surface area contributed by atoms with Crippen molar-refractivity contribution >= 4 is 40.2 Å². The maximum Gasteiger partial charge on any atom is 0.245 e. The Kier molecular flexibility index (Phi) is 9.86. The van der Waals surface area contributed by atoms with E-state index in [-0.39, 0.29) is 17.2 Å². The molecule has 10 nitrogen and oxygen atoms in total. The first-order valence-electron chi connectivity index (χ1n) is 16.2. The number of fused-ring (bicyclic) bond motifs is 6. The fraction of sp³-hybridized carbons (Fsp3) is 0.378. The summed E-state index contributed by atoms with van der Waals surface area (Å²) >= 11 is 1.66. The molecule has 0 fully saturated rings. The molecule has 0 saturated heterocycles. The average molecular weight is 671 g/mol. The molecule has 1 aliphatic carbocycles. The number of hydrogen-bond acceptors (Lipinski definition) is 8. The number of aromatic amines is 1. The Balaban J connectivity index is 1.39. The molecular formula is C37H42N4O6S. The third-order valence-corrected chi connectivity index (χ3v) is 9.99. The molecule has 0 radical (unpaired) electrons. The van der Waals surface area contributed by atoms with E-state index in [4.69, 9.17) is 14.2 Å². The van der Waals surface area contributed by atoms with Gasteiger partial charge in [-0.2, -0.15) is 11.8 Å². The molecular weight excluding hydrogens is 628 g/mol. The molecule has 3 aromatic carbocycles. The summed E-state index contributed by atoms with van der Waals surface area (Å²) in [4.78, 5) is 45.9. The Bertz CT molecular complexity index is 1920. The van der Waals surface area contributed by atoms with E-state index in [1.54, 1.807) is 45.2 Å². The molecule has 2 heterocycles. The summed E-state index contributed by atoms with van der Waals surface area (Å²) in [6.07, 6.45) is 4.49. The molecule has 1 aromatic heterocycles. The van der Waals surface area contributed by atoms with Crippen LogP contribution in [0.3, 0.4) is 0 Å². The molecule has 0 bridgehead atoms. The third kappa shape index (κ3) is 6.31. The predicted octanol–water partition coefficient (Wildman–Crippen LogP) is 5.46. The fourth-order valence-corrected chi connectivity index (χ4v) is 7.58. The minimum atomic E-state index is -0.601. The summed E-state index contributed by atoms with van der Waals surface area (Å²) in [6, 6.07) is 14.3. The van der Waals surface area contributed by atoms with Crippen molar-refractivity contribution < 1.29 is 23.8 Å². The predicted molar refractivity (Wildman–Crippen MR) is 191 cm³/mol. The Morgan fingerprint density at radius 1 is 1.04 bits per heavy atom. The summed E-state index contributed by atoms with van der Waals surface area (Å²) in [6.45, 7) is 2.56. The number of amides is 2. The van der Waals surface area contributed by atoms with Crippen molar-refractivity contribution in [1.82, 2.24) is 15.2 Å². The van der Waals surface area contributed by atoms with Crippen LogP contribution in [-0.4, -0.2) is 67.6 Å². The fourth-order valence-electron chi connectivity index (χ4n) is 7.11. The lowest BCUT2D eigenvalue weighted by Gasteiger charge is -2.31. The van der Waals surface area contributed by atoms with Gasteiger partial charge >= 0.3 is 0 Å². The van der Waals surface area contributed by atoms with E-state index in [1.165, 1.54) is 17.9 Å². The zero-order valence-corrected chi connectivity index (χ0v) is 28.8. The molecule has 2 amide bonds. The Hall–Kier alpha value is -4.64. The molecule has 2 aliphatic rings. The van der Waals surface area contributed by atoms with E-state index >= 15 is 0 Å². The van der Waals surface area contributed by atoms with Crippen LogP contribution in [0.15, 0.2) is 53.3 Å². The number of H-pyrrole nitrogens is 1. The van der Waals surface area contributed by atoms with Gasteiger partial charge < -0.3 is 34.7 Å². The quantitative estimate of drug-likeness (QED) is 0.203. The largest absolute Gasteiger partial charge is 0.493 e. The third-order valence-electron chi connectivity index (χ3n) is 9.35. The number of para-hydroxylation sites is 1. The number of aryl methyl sites for hydroxylation is 1. The van der Waals surface area contributed by atoms with Gasteiger partial charge in [0.2, 0.25) is 23.0 Å². The SMILES string of the molecule is COc1cc2c(c(OC)c1OC)-c1ccc(N[C@@H](CCSC)C(=O)N3CCc4c([nH]c5ccccc45)C3)c(=O)cc1[C@@H](NC(C)=O)CC2. The lowest BCUT2D eigenvalue weighted by molar-refractivity contribution is -0.133. The van der Waals surface area contributed by atoms with Gasteiger partial charge in [0.05, 0.1) is 39.6 Å². The Morgan fingerprint density at radius 2 is 1.83 bits per heavy atom. The summed E-state index contributed by atoms with van der Waals surface area (Å²) in [5.41, 5.74) is 6.57. The van der Waals surface area contributed by atoms with Crippen molar-refractivity contribution in [2.75, 3.05) is 45.2 Å². The number of aromatic nitrogens is 1. The topological polar surface area (TPSA) is 122 Å². The van der Waals surface area contributed by atoms with Crippen molar-refractivity contribution in [2.24, 2.45) is 0 Å². The molecule has 4 aromatic rings. The number of anilines is 1. The molecule has 1 aliphatic heterocycles. The molecule has 3 N–H and O–H groups in total. The van der Waals surface area contributed by atoms with Crippen LogP contribution in [-0.2, 0) is 29.0 Å². The minimum absolute atomic E-state index is 0.0409. The van der Waals surface area contributed by atoms with E-state index in [0.717, 1.165) is 40.1 Å². The number of methoxy groups -OCH3 is 3. The van der Waals surface area contributed by atoms with Crippen molar-refractivity contribution in [2.45, 2.75) is 51.2 Å². The first-order chi connectivity index (χ1) is 23.3. The second-order valence-electron chi connectivity index (χ2n) is 12.2. The highest BCUT2D eigenvalue weighted by atomic mass is 32.2. The number of carbonyl (C=O) groups is 2. The van der Waals surface area contributed by atoms with E-state index in [9.17, 15) is 14.4 Å². The van der Waals surface area contributed by atoms with Gasteiger partial charge in [0.15, 0.2) is 11.5 Å². The Morgan fingerprint density at radius 3 is 2.56 bits per heavy atom. The maximum absolute atomic E-state index is 14.1. The minimum Gasteiger partial charge on any atom is -0.493 e. The normalized spacial score (nSPS) is 15.8. The lowest BCUT2D eigenvalue weighted by Crippen LogP contribution is -2.45. The highest BCUT2D eigenvalue weighted by Gasteiger charge is 2.31. The van der Waals surface area contributed by atoms with Gasteiger partial charge in [-0.25, -0.2) is 0 Å². The molecule has 252 valence electrons. The van der Waals surface area contributed by atoms with E-state index in [2.05, 4.69) is 27.8 Å². The highest BCUT2D eigenvalue weighted by molar-refractivity contribution is 7.98.